The molecule has 100 valence electrons. The first-order valence-electron chi connectivity index (χ1n) is 6.22. The van der Waals surface area contributed by atoms with Crippen LogP contribution in [0.3, 0.4) is 0 Å². The van der Waals surface area contributed by atoms with Crippen LogP contribution in [-0.4, -0.2) is 36.8 Å². The first-order chi connectivity index (χ1) is 8.78. The van der Waals surface area contributed by atoms with E-state index in [-0.39, 0.29) is 24.6 Å². The van der Waals surface area contributed by atoms with Crippen LogP contribution in [-0.2, 0) is 20.7 Å². The molecule has 6 heteroatoms. The lowest BCUT2D eigenvalue weighted by Crippen LogP contribution is -2.22. The summed E-state index contributed by atoms with van der Waals surface area (Å²) < 4.78 is 15.9. The minimum Gasteiger partial charge on any atom is -0.429 e. The number of carbonyl (C=O) groups excluding carboxylic acids is 1. The SMILES string of the molecule is CCc1cnc(NC(=O)COCC2CCCO2)o1. The van der Waals surface area contributed by atoms with Crippen LogP contribution in [0.25, 0.3) is 0 Å². The molecule has 1 aromatic rings. The maximum Gasteiger partial charge on any atom is 0.301 e. The Balaban J connectivity index is 1.65. The van der Waals surface area contributed by atoms with Crippen molar-refractivity contribution in [2.75, 3.05) is 25.1 Å². The van der Waals surface area contributed by atoms with Gasteiger partial charge in [-0.15, -0.1) is 0 Å². The molecule has 1 amide bonds. The predicted molar refractivity (Wildman–Crippen MR) is 64.3 cm³/mol. The Bertz CT molecular complexity index is 385. The topological polar surface area (TPSA) is 73.6 Å². The van der Waals surface area contributed by atoms with Gasteiger partial charge in [0.15, 0.2) is 0 Å². The summed E-state index contributed by atoms with van der Waals surface area (Å²) in [6, 6.07) is 0.220. The van der Waals surface area contributed by atoms with E-state index in [4.69, 9.17) is 13.9 Å². The molecule has 2 heterocycles. The zero-order chi connectivity index (χ0) is 12.8. The number of carbonyl (C=O) groups is 1. The first-order valence-corrected chi connectivity index (χ1v) is 6.22. The number of hydrogen-bond acceptors (Lipinski definition) is 5. The molecular weight excluding hydrogens is 236 g/mol. The summed E-state index contributed by atoms with van der Waals surface area (Å²) >= 11 is 0. The average Bonchev–Trinajstić information content (AvgIpc) is 3.00. The van der Waals surface area contributed by atoms with E-state index < -0.39 is 0 Å². The van der Waals surface area contributed by atoms with Gasteiger partial charge in [-0.1, -0.05) is 6.92 Å². The summed E-state index contributed by atoms with van der Waals surface area (Å²) in [5.74, 6) is 0.475. The Labute approximate surface area is 106 Å². The van der Waals surface area contributed by atoms with Crippen LogP contribution in [0, 0.1) is 0 Å². The third kappa shape index (κ3) is 3.82. The number of rotatable bonds is 6. The molecule has 6 nitrogen and oxygen atoms in total. The molecule has 1 aromatic heterocycles. The lowest BCUT2D eigenvalue weighted by atomic mass is 10.2. The highest BCUT2D eigenvalue weighted by Gasteiger charge is 2.16. The summed E-state index contributed by atoms with van der Waals surface area (Å²) in [6.07, 6.45) is 4.55. The zero-order valence-electron chi connectivity index (χ0n) is 10.5. The summed E-state index contributed by atoms with van der Waals surface area (Å²) in [6.45, 7) is 3.19. The van der Waals surface area contributed by atoms with Gasteiger partial charge in [0.05, 0.1) is 18.9 Å². The van der Waals surface area contributed by atoms with Crippen molar-refractivity contribution >= 4 is 11.9 Å². The van der Waals surface area contributed by atoms with E-state index in [0.717, 1.165) is 31.6 Å². The highest BCUT2D eigenvalue weighted by atomic mass is 16.5. The van der Waals surface area contributed by atoms with E-state index in [9.17, 15) is 4.79 Å². The second kappa shape index (κ2) is 6.51. The fourth-order valence-corrected chi connectivity index (χ4v) is 1.74. The predicted octanol–water partition coefficient (Wildman–Crippen LogP) is 1.37. The van der Waals surface area contributed by atoms with Gasteiger partial charge in [-0.3, -0.25) is 10.1 Å². The number of aromatic nitrogens is 1. The van der Waals surface area contributed by atoms with Gasteiger partial charge in [-0.25, -0.2) is 4.98 Å². The molecular formula is C12H18N2O4. The van der Waals surface area contributed by atoms with Crippen molar-refractivity contribution in [2.24, 2.45) is 0 Å². The highest BCUT2D eigenvalue weighted by Crippen LogP contribution is 2.12. The van der Waals surface area contributed by atoms with Crippen molar-refractivity contribution in [1.82, 2.24) is 4.98 Å². The largest absolute Gasteiger partial charge is 0.429 e. The Hall–Kier alpha value is -1.40. The van der Waals surface area contributed by atoms with E-state index in [1.165, 1.54) is 0 Å². The van der Waals surface area contributed by atoms with E-state index in [2.05, 4.69) is 10.3 Å². The molecule has 1 N–H and O–H groups in total. The smallest absolute Gasteiger partial charge is 0.301 e. The normalized spacial score (nSPS) is 19.1. The second-order valence-electron chi connectivity index (χ2n) is 4.18. The van der Waals surface area contributed by atoms with Crippen LogP contribution < -0.4 is 5.32 Å². The number of nitrogens with one attached hydrogen (secondary N) is 1. The van der Waals surface area contributed by atoms with Gasteiger partial charge in [0.2, 0.25) is 0 Å². The van der Waals surface area contributed by atoms with Gasteiger partial charge >= 0.3 is 6.01 Å². The quantitative estimate of drug-likeness (QED) is 0.830. The molecule has 0 spiro atoms. The minimum atomic E-state index is -0.266. The standard InChI is InChI=1S/C12H18N2O4/c1-2-9-6-13-12(18-9)14-11(15)8-16-7-10-4-3-5-17-10/h6,10H,2-5,7-8H2,1H3,(H,13,14,15). The molecule has 1 atom stereocenters. The number of oxazole rings is 1. The van der Waals surface area contributed by atoms with Crippen molar-refractivity contribution in [1.29, 1.82) is 0 Å². The zero-order valence-corrected chi connectivity index (χ0v) is 10.5. The minimum absolute atomic E-state index is 0.0102. The molecule has 0 aromatic carbocycles. The Morgan fingerprint density at radius 1 is 1.67 bits per heavy atom. The van der Waals surface area contributed by atoms with Gasteiger partial charge in [0.25, 0.3) is 5.91 Å². The number of anilines is 1. The number of nitrogens with zero attached hydrogens (tertiary/aromatic N) is 1. The van der Waals surface area contributed by atoms with Gasteiger partial charge in [-0.2, -0.15) is 0 Å². The van der Waals surface area contributed by atoms with Crippen molar-refractivity contribution < 1.29 is 18.7 Å². The molecule has 1 saturated heterocycles. The van der Waals surface area contributed by atoms with Gasteiger partial charge in [0, 0.05) is 13.0 Å². The van der Waals surface area contributed by atoms with Crippen molar-refractivity contribution in [2.45, 2.75) is 32.3 Å². The first kappa shape index (κ1) is 13.0. The maximum absolute atomic E-state index is 11.5. The monoisotopic (exact) mass is 254 g/mol. The van der Waals surface area contributed by atoms with Crippen molar-refractivity contribution in [3.05, 3.63) is 12.0 Å². The highest BCUT2D eigenvalue weighted by molar-refractivity contribution is 5.89. The van der Waals surface area contributed by atoms with E-state index in [0.29, 0.717) is 6.61 Å². The van der Waals surface area contributed by atoms with Gasteiger partial charge in [0.1, 0.15) is 12.4 Å². The van der Waals surface area contributed by atoms with Gasteiger partial charge in [-0.05, 0) is 12.8 Å². The number of ether oxygens (including phenoxy) is 2. The molecule has 1 aliphatic heterocycles. The van der Waals surface area contributed by atoms with Crippen molar-refractivity contribution in [3.63, 3.8) is 0 Å². The summed E-state index contributed by atoms with van der Waals surface area (Å²) in [7, 11) is 0. The van der Waals surface area contributed by atoms with Crippen molar-refractivity contribution in [3.8, 4) is 0 Å². The number of aryl methyl sites for hydroxylation is 1. The lowest BCUT2D eigenvalue weighted by Gasteiger charge is -2.09. The van der Waals surface area contributed by atoms with Gasteiger partial charge < -0.3 is 13.9 Å². The number of amides is 1. The Kier molecular flexibility index (Phi) is 4.72. The fraction of sp³-hybridized carbons (Fsp3) is 0.667. The van der Waals surface area contributed by atoms with E-state index in [1.54, 1.807) is 6.20 Å². The van der Waals surface area contributed by atoms with Crippen LogP contribution in [0.15, 0.2) is 10.6 Å². The van der Waals surface area contributed by atoms with Crippen LogP contribution in [0.5, 0.6) is 0 Å². The lowest BCUT2D eigenvalue weighted by molar-refractivity contribution is -0.121. The van der Waals surface area contributed by atoms with Crippen LogP contribution >= 0.6 is 0 Å². The maximum atomic E-state index is 11.5. The molecule has 0 saturated carbocycles. The third-order valence-electron chi connectivity index (χ3n) is 2.71. The molecule has 2 rings (SSSR count). The third-order valence-corrected chi connectivity index (χ3v) is 2.71. The molecule has 0 bridgehead atoms. The Morgan fingerprint density at radius 2 is 2.56 bits per heavy atom. The second-order valence-corrected chi connectivity index (χ2v) is 4.18. The van der Waals surface area contributed by atoms with Crippen LogP contribution in [0.1, 0.15) is 25.5 Å². The summed E-state index contributed by atoms with van der Waals surface area (Å²) in [5, 5.41) is 2.54. The van der Waals surface area contributed by atoms with Crippen LogP contribution in [0.4, 0.5) is 6.01 Å². The summed E-state index contributed by atoms with van der Waals surface area (Å²) in [5.41, 5.74) is 0. The molecule has 1 fully saturated rings. The molecule has 1 unspecified atom stereocenters. The average molecular weight is 254 g/mol. The molecule has 0 radical (unpaired) electrons. The fourth-order valence-electron chi connectivity index (χ4n) is 1.74. The van der Waals surface area contributed by atoms with E-state index in [1.807, 2.05) is 6.92 Å². The summed E-state index contributed by atoms with van der Waals surface area (Å²) in [4.78, 5) is 15.4. The Morgan fingerprint density at radius 3 is 3.22 bits per heavy atom. The molecule has 1 aliphatic rings. The molecule has 18 heavy (non-hydrogen) atoms. The van der Waals surface area contributed by atoms with E-state index >= 15 is 0 Å². The van der Waals surface area contributed by atoms with Crippen LogP contribution in [0.2, 0.25) is 0 Å². The number of hydrogen-bond donors (Lipinski definition) is 1. The molecule has 0 aliphatic carbocycles.